The third-order valence-electron chi connectivity index (χ3n) is 2.78. The summed E-state index contributed by atoms with van der Waals surface area (Å²) in [5.41, 5.74) is 1.22. The minimum atomic E-state index is 0.722. The van der Waals surface area contributed by atoms with Crippen molar-refractivity contribution < 1.29 is 0 Å². The number of nitrogens with zero attached hydrogens (tertiary/aromatic N) is 2. The van der Waals surface area contributed by atoms with Gasteiger partial charge in [-0.15, -0.1) is 11.3 Å². The minimum Gasteiger partial charge on any atom is -0.317 e. The van der Waals surface area contributed by atoms with E-state index in [0.29, 0.717) is 0 Å². The van der Waals surface area contributed by atoms with Crippen molar-refractivity contribution in [2.75, 3.05) is 13.1 Å². The maximum Gasteiger partial charge on any atom is 0.193 e. The van der Waals surface area contributed by atoms with Gasteiger partial charge in [-0.25, -0.2) is 4.98 Å². The Morgan fingerprint density at radius 2 is 2.44 bits per heavy atom. The number of aryl methyl sites for hydroxylation is 1. The Labute approximate surface area is 101 Å². The molecule has 0 spiro atoms. The molecule has 0 aliphatic heterocycles. The van der Waals surface area contributed by atoms with Crippen LogP contribution in [0.2, 0.25) is 0 Å². The van der Waals surface area contributed by atoms with Crippen molar-refractivity contribution in [3.8, 4) is 0 Å². The van der Waals surface area contributed by atoms with E-state index in [0.717, 1.165) is 30.4 Å². The van der Waals surface area contributed by atoms with Gasteiger partial charge in [0.1, 0.15) is 0 Å². The lowest BCUT2D eigenvalue weighted by Crippen LogP contribution is -2.20. The highest BCUT2D eigenvalue weighted by Crippen LogP contribution is 2.14. The quantitative estimate of drug-likeness (QED) is 0.836. The van der Waals surface area contributed by atoms with Crippen LogP contribution in [0.5, 0.6) is 0 Å². The topological polar surface area (TPSA) is 29.3 Å². The number of nitrogens with one attached hydrogen (secondary N) is 1. The van der Waals surface area contributed by atoms with Crippen molar-refractivity contribution in [1.29, 1.82) is 0 Å². The minimum absolute atomic E-state index is 0.722. The lowest BCUT2D eigenvalue weighted by Gasteiger charge is -2.10. The molecule has 0 saturated heterocycles. The Hall–Kier alpha value is -0.870. The molecule has 0 saturated carbocycles. The van der Waals surface area contributed by atoms with Crippen LogP contribution >= 0.6 is 11.3 Å². The molecule has 4 heteroatoms. The van der Waals surface area contributed by atoms with Crippen molar-refractivity contribution in [3.63, 3.8) is 0 Å². The standard InChI is InChI=1S/C12H19N3S/c1-3-13-8-10(2)4-5-11-9-15-6-7-16-12(15)14-11/h6-7,9-10,13H,3-5,8H2,1-2H3. The van der Waals surface area contributed by atoms with Crippen LogP contribution in [-0.2, 0) is 6.42 Å². The second-order valence-electron chi connectivity index (χ2n) is 4.28. The average Bonchev–Trinajstić information content (AvgIpc) is 2.83. The predicted molar refractivity (Wildman–Crippen MR) is 69.1 cm³/mol. The summed E-state index contributed by atoms with van der Waals surface area (Å²) in [4.78, 5) is 5.69. The highest BCUT2D eigenvalue weighted by Gasteiger charge is 2.05. The summed E-state index contributed by atoms with van der Waals surface area (Å²) < 4.78 is 2.11. The molecule has 2 rings (SSSR count). The normalized spacial score (nSPS) is 13.4. The predicted octanol–water partition coefficient (Wildman–Crippen LogP) is 2.57. The van der Waals surface area contributed by atoms with Gasteiger partial charge in [0.25, 0.3) is 0 Å². The molecule has 1 unspecified atom stereocenters. The van der Waals surface area contributed by atoms with Crippen LogP contribution in [0.1, 0.15) is 26.0 Å². The Morgan fingerprint density at radius 3 is 3.19 bits per heavy atom. The third kappa shape index (κ3) is 2.83. The first-order chi connectivity index (χ1) is 7.79. The van der Waals surface area contributed by atoms with E-state index in [1.54, 1.807) is 11.3 Å². The van der Waals surface area contributed by atoms with Crippen LogP contribution in [0, 0.1) is 5.92 Å². The summed E-state index contributed by atoms with van der Waals surface area (Å²) >= 11 is 1.70. The molecule has 0 aromatic carbocycles. The van der Waals surface area contributed by atoms with Crippen LogP contribution in [-0.4, -0.2) is 22.5 Å². The van der Waals surface area contributed by atoms with Gasteiger partial charge in [0, 0.05) is 17.8 Å². The number of hydrogen-bond donors (Lipinski definition) is 1. The summed E-state index contributed by atoms with van der Waals surface area (Å²) in [6.45, 7) is 6.61. The molecule has 0 amide bonds. The molecule has 0 bridgehead atoms. The number of aromatic nitrogens is 2. The number of hydrogen-bond acceptors (Lipinski definition) is 3. The van der Waals surface area contributed by atoms with Crippen molar-refractivity contribution in [2.24, 2.45) is 5.92 Å². The van der Waals surface area contributed by atoms with Gasteiger partial charge in [0.05, 0.1) is 5.69 Å². The van der Waals surface area contributed by atoms with Crippen LogP contribution in [0.3, 0.4) is 0 Å². The summed E-state index contributed by atoms with van der Waals surface area (Å²) in [6.07, 6.45) is 6.50. The van der Waals surface area contributed by atoms with Crippen molar-refractivity contribution in [2.45, 2.75) is 26.7 Å². The SMILES string of the molecule is CCNCC(C)CCc1cn2ccsc2n1. The molecule has 1 atom stereocenters. The highest BCUT2D eigenvalue weighted by atomic mass is 32.1. The smallest absolute Gasteiger partial charge is 0.193 e. The monoisotopic (exact) mass is 237 g/mol. The Balaban J connectivity index is 1.83. The van der Waals surface area contributed by atoms with Crippen molar-refractivity contribution >= 4 is 16.3 Å². The van der Waals surface area contributed by atoms with E-state index in [9.17, 15) is 0 Å². The van der Waals surface area contributed by atoms with Crippen LogP contribution in [0.15, 0.2) is 17.8 Å². The largest absolute Gasteiger partial charge is 0.317 e. The molecule has 0 radical (unpaired) electrons. The maximum atomic E-state index is 4.59. The molecule has 88 valence electrons. The fraction of sp³-hybridized carbons (Fsp3) is 0.583. The molecule has 2 aromatic rings. The molecule has 16 heavy (non-hydrogen) atoms. The molecule has 1 N–H and O–H groups in total. The van der Waals surface area contributed by atoms with Crippen LogP contribution in [0.25, 0.3) is 4.96 Å². The van der Waals surface area contributed by atoms with E-state index in [-0.39, 0.29) is 0 Å². The van der Waals surface area contributed by atoms with E-state index in [2.05, 4.69) is 46.3 Å². The molecule has 0 aliphatic carbocycles. The number of imidazole rings is 1. The summed E-state index contributed by atoms with van der Waals surface area (Å²) in [5, 5.41) is 5.45. The van der Waals surface area contributed by atoms with Crippen LogP contribution < -0.4 is 5.32 Å². The summed E-state index contributed by atoms with van der Waals surface area (Å²) in [5.74, 6) is 0.722. The molecule has 3 nitrogen and oxygen atoms in total. The summed E-state index contributed by atoms with van der Waals surface area (Å²) in [7, 11) is 0. The molecule has 0 aliphatic rings. The molecule has 0 fully saturated rings. The Kier molecular flexibility index (Phi) is 3.96. The van der Waals surface area contributed by atoms with E-state index in [1.165, 1.54) is 12.1 Å². The zero-order chi connectivity index (χ0) is 11.4. The van der Waals surface area contributed by atoms with Gasteiger partial charge < -0.3 is 5.32 Å². The van der Waals surface area contributed by atoms with Gasteiger partial charge in [-0.05, 0) is 31.8 Å². The maximum absolute atomic E-state index is 4.59. The lowest BCUT2D eigenvalue weighted by molar-refractivity contribution is 0.487. The first kappa shape index (κ1) is 11.6. The second kappa shape index (κ2) is 5.46. The average molecular weight is 237 g/mol. The Bertz CT molecular complexity index is 404. The highest BCUT2D eigenvalue weighted by molar-refractivity contribution is 7.15. The van der Waals surface area contributed by atoms with E-state index in [4.69, 9.17) is 0 Å². The van der Waals surface area contributed by atoms with Gasteiger partial charge in [0.15, 0.2) is 4.96 Å². The molecular formula is C12H19N3S. The van der Waals surface area contributed by atoms with Crippen molar-refractivity contribution in [1.82, 2.24) is 14.7 Å². The van der Waals surface area contributed by atoms with Gasteiger partial charge in [-0.2, -0.15) is 0 Å². The summed E-state index contributed by atoms with van der Waals surface area (Å²) in [6, 6.07) is 0. The zero-order valence-electron chi connectivity index (χ0n) is 9.94. The van der Waals surface area contributed by atoms with Gasteiger partial charge in [0.2, 0.25) is 0 Å². The van der Waals surface area contributed by atoms with Gasteiger partial charge in [-0.1, -0.05) is 13.8 Å². The third-order valence-corrected chi connectivity index (χ3v) is 3.55. The second-order valence-corrected chi connectivity index (χ2v) is 5.15. The lowest BCUT2D eigenvalue weighted by atomic mass is 10.0. The van der Waals surface area contributed by atoms with E-state index >= 15 is 0 Å². The zero-order valence-corrected chi connectivity index (χ0v) is 10.8. The Morgan fingerprint density at radius 1 is 1.56 bits per heavy atom. The fourth-order valence-corrected chi connectivity index (χ4v) is 2.50. The van der Waals surface area contributed by atoms with Gasteiger partial charge in [-0.3, -0.25) is 4.40 Å². The van der Waals surface area contributed by atoms with Crippen LogP contribution in [0.4, 0.5) is 0 Å². The molecular weight excluding hydrogens is 218 g/mol. The van der Waals surface area contributed by atoms with E-state index in [1.807, 2.05) is 0 Å². The van der Waals surface area contributed by atoms with Crippen molar-refractivity contribution in [3.05, 3.63) is 23.5 Å². The number of thiazole rings is 1. The van der Waals surface area contributed by atoms with Gasteiger partial charge >= 0.3 is 0 Å². The first-order valence-electron chi connectivity index (χ1n) is 5.91. The van der Waals surface area contributed by atoms with E-state index < -0.39 is 0 Å². The molecule has 2 heterocycles. The first-order valence-corrected chi connectivity index (χ1v) is 6.79. The molecule has 2 aromatic heterocycles. The fourth-order valence-electron chi connectivity index (χ4n) is 1.78. The number of fused-ring (bicyclic) bond motifs is 1. The number of rotatable bonds is 6.